The van der Waals surface area contributed by atoms with E-state index < -0.39 is 0 Å². The normalized spacial score (nSPS) is 27.9. The summed E-state index contributed by atoms with van der Waals surface area (Å²) in [6.45, 7) is 4.60. The van der Waals surface area contributed by atoms with Gasteiger partial charge in [-0.1, -0.05) is 6.92 Å². The molecule has 1 aliphatic heterocycles. The molecule has 4 heteroatoms. The van der Waals surface area contributed by atoms with Crippen molar-refractivity contribution in [2.45, 2.75) is 30.4 Å². The number of hydrogen-bond acceptors (Lipinski definition) is 4. The lowest BCUT2D eigenvalue weighted by Gasteiger charge is -2.34. The van der Waals surface area contributed by atoms with Gasteiger partial charge < -0.3 is 5.32 Å². The van der Waals surface area contributed by atoms with Crippen molar-refractivity contribution in [1.82, 2.24) is 5.32 Å². The van der Waals surface area contributed by atoms with Gasteiger partial charge in [0.1, 0.15) is 0 Å². The van der Waals surface area contributed by atoms with Crippen molar-refractivity contribution in [1.29, 1.82) is 0 Å². The lowest BCUT2D eigenvalue weighted by molar-refractivity contribution is 0.560. The first kappa shape index (κ1) is 12.8. The third kappa shape index (κ3) is 2.61. The topological polar surface area (TPSA) is 12.0 Å². The van der Waals surface area contributed by atoms with E-state index in [9.17, 15) is 0 Å². The molecular weight excluding hydrogens is 254 g/mol. The van der Waals surface area contributed by atoms with Crippen molar-refractivity contribution < 1.29 is 0 Å². The zero-order valence-corrected chi connectivity index (χ0v) is 12.5. The Morgan fingerprint density at radius 1 is 1.38 bits per heavy atom. The third-order valence-corrected chi connectivity index (χ3v) is 7.17. The summed E-state index contributed by atoms with van der Waals surface area (Å²) in [7, 11) is 2.09. The maximum Gasteiger partial charge on any atom is 0.0459 e. The first-order valence-electron chi connectivity index (χ1n) is 5.68. The van der Waals surface area contributed by atoms with Gasteiger partial charge in [0.2, 0.25) is 0 Å². The van der Waals surface area contributed by atoms with E-state index in [0.29, 0.717) is 11.3 Å². The number of aryl methyl sites for hydroxylation is 1. The molecule has 1 N–H and O–H groups in total. The molecule has 2 rings (SSSR count). The smallest absolute Gasteiger partial charge is 0.0459 e. The molecule has 3 atom stereocenters. The molecule has 1 aromatic heterocycles. The van der Waals surface area contributed by atoms with Crippen molar-refractivity contribution >= 4 is 34.9 Å². The highest BCUT2D eigenvalue weighted by Crippen LogP contribution is 2.39. The van der Waals surface area contributed by atoms with Gasteiger partial charge in [0, 0.05) is 32.9 Å². The Balaban J connectivity index is 2.18. The second kappa shape index (κ2) is 5.80. The highest BCUT2D eigenvalue weighted by molar-refractivity contribution is 8.07. The van der Waals surface area contributed by atoms with E-state index in [-0.39, 0.29) is 0 Å². The molecule has 1 saturated heterocycles. The van der Waals surface area contributed by atoms with Crippen LogP contribution in [0.4, 0.5) is 0 Å². The van der Waals surface area contributed by atoms with Crippen molar-refractivity contribution in [3.63, 3.8) is 0 Å². The highest BCUT2D eigenvalue weighted by atomic mass is 32.2. The standard InChI is InChI=1S/C12H19NS3/c1-8-10(4-5-14-8)11(13-3)12-9(2)15-6-7-16-12/h4-5,9,11-13H,6-7H2,1-3H3. The van der Waals surface area contributed by atoms with Crippen LogP contribution >= 0.6 is 34.9 Å². The predicted molar refractivity (Wildman–Crippen MR) is 79.0 cm³/mol. The molecule has 0 aliphatic carbocycles. The number of nitrogens with one attached hydrogen (secondary N) is 1. The van der Waals surface area contributed by atoms with Crippen molar-refractivity contribution in [3.05, 3.63) is 21.9 Å². The van der Waals surface area contributed by atoms with Gasteiger partial charge in [-0.3, -0.25) is 0 Å². The fourth-order valence-corrected chi connectivity index (χ4v) is 5.96. The van der Waals surface area contributed by atoms with Gasteiger partial charge in [-0.15, -0.1) is 11.3 Å². The van der Waals surface area contributed by atoms with Crippen molar-refractivity contribution in [3.8, 4) is 0 Å². The van der Waals surface area contributed by atoms with E-state index in [1.807, 2.05) is 11.3 Å². The molecule has 3 unspecified atom stereocenters. The fraction of sp³-hybridized carbons (Fsp3) is 0.667. The highest BCUT2D eigenvalue weighted by Gasteiger charge is 2.31. The number of hydrogen-bond donors (Lipinski definition) is 1. The molecule has 0 saturated carbocycles. The average molecular weight is 273 g/mol. The van der Waals surface area contributed by atoms with Gasteiger partial charge in [-0.2, -0.15) is 23.5 Å². The molecule has 0 spiro atoms. The first-order chi connectivity index (χ1) is 7.74. The number of thioether (sulfide) groups is 2. The summed E-state index contributed by atoms with van der Waals surface area (Å²) in [5.74, 6) is 2.60. The van der Waals surface area contributed by atoms with Gasteiger partial charge in [0.05, 0.1) is 0 Å². The van der Waals surface area contributed by atoms with Crippen LogP contribution in [0.25, 0.3) is 0 Å². The van der Waals surface area contributed by atoms with Crippen molar-refractivity contribution in [2.75, 3.05) is 18.6 Å². The molecule has 1 nitrogen and oxygen atoms in total. The number of thiophene rings is 1. The van der Waals surface area contributed by atoms with E-state index in [1.165, 1.54) is 21.9 Å². The summed E-state index contributed by atoms with van der Waals surface area (Å²) in [5.41, 5.74) is 1.50. The Kier molecular flexibility index (Phi) is 4.65. The van der Waals surface area contributed by atoms with E-state index >= 15 is 0 Å². The zero-order chi connectivity index (χ0) is 11.5. The maximum atomic E-state index is 3.52. The Morgan fingerprint density at radius 2 is 2.12 bits per heavy atom. The first-order valence-corrected chi connectivity index (χ1v) is 8.66. The molecule has 0 radical (unpaired) electrons. The van der Waals surface area contributed by atoms with Crippen LogP contribution in [0, 0.1) is 6.92 Å². The van der Waals surface area contributed by atoms with Crippen LogP contribution in [0.15, 0.2) is 11.4 Å². The summed E-state index contributed by atoms with van der Waals surface area (Å²) in [6.07, 6.45) is 0. The molecule has 2 heterocycles. The lowest BCUT2D eigenvalue weighted by atomic mass is 10.0. The van der Waals surface area contributed by atoms with Gasteiger partial charge in [-0.25, -0.2) is 0 Å². The lowest BCUT2D eigenvalue weighted by Crippen LogP contribution is -2.36. The van der Waals surface area contributed by atoms with Gasteiger partial charge in [0.15, 0.2) is 0 Å². The molecule has 90 valence electrons. The minimum absolute atomic E-state index is 0.513. The third-order valence-electron chi connectivity index (χ3n) is 3.11. The monoisotopic (exact) mass is 273 g/mol. The predicted octanol–water partition coefficient (Wildman–Crippen LogP) is 3.55. The van der Waals surface area contributed by atoms with E-state index in [4.69, 9.17) is 0 Å². The van der Waals surface area contributed by atoms with Gasteiger partial charge in [-0.05, 0) is 31.0 Å². The van der Waals surface area contributed by atoms with Gasteiger partial charge in [0.25, 0.3) is 0 Å². The zero-order valence-electron chi connectivity index (χ0n) is 10.0. The summed E-state index contributed by atoms with van der Waals surface area (Å²) in [5, 5.41) is 7.18. The van der Waals surface area contributed by atoms with E-state index in [1.54, 1.807) is 0 Å². The fourth-order valence-electron chi connectivity index (χ4n) is 2.23. The van der Waals surface area contributed by atoms with Crippen LogP contribution in [0.2, 0.25) is 0 Å². The number of rotatable bonds is 3. The molecule has 0 bridgehead atoms. The second-order valence-electron chi connectivity index (χ2n) is 4.11. The second-order valence-corrected chi connectivity index (χ2v) is 8.00. The summed E-state index contributed by atoms with van der Waals surface area (Å²) in [4.78, 5) is 1.46. The SMILES string of the molecule is CNC(c1ccsc1C)C1SCCSC1C. The van der Waals surface area contributed by atoms with Crippen LogP contribution in [-0.2, 0) is 0 Å². The van der Waals surface area contributed by atoms with E-state index in [2.05, 4.69) is 61.2 Å². The maximum absolute atomic E-state index is 3.52. The molecular formula is C12H19NS3. The average Bonchev–Trinajstić information content (AvgIpc) is 2.69. The quantitative estimate of drug-likeness (QED) is 0.904. The van der Waals surface area contributed by atoms with E-state index in [0.717, 1.165) is 5.25 Å². The minimum atomic E-state index is 0.513. The van der Waals surface area contributed by atoms with Crippen LogP contribution in [0.3, 0.4) is 0 Å². The molecule has 0 amide bonds. The molecule has 16 heavy (non-hydrogen) atoms. The molecule has 0 aromatic carbocycles. The summed E-state index contributed by atoms with van der Waals surface area (Å²) < 4.78 is 0. The Hall–Kier alpha value is 0.360. The largest absolute Gasteiger partial charge is 0.312 e. The minimum Gasteiger partial charge on any atom is -0.312 e. The van der Waals surface area contributed by atoms with Crippen LogP contribution in [0.5, 0.6) is 0 Å². The van der Waals surface area contributed by atoms with Crippen molar-refractivity contribution in [2.24, 2.45) is 0 Å². The Bertz CT molecular complexity index is 337. The summed E-state index contributed by atoms with van der Waals surface area (Å²) >= 11 is 6.11. The molecule has 1 fully saturated rings. The molecule has 1 aromatic rings. The van der Waals surface area contributed by atoms with Crippen LogP contribution in [0.1, 0.15) is 23.4 Å². The molecule has 1 aliphatic rings. The van der Waals surface area contributed by atoms with Crippen LogP contribution < -0.4 is 5.32 Å². The Morgan fingerprint density at radius 3 is 2.69 bits per heavy atom. The van der Waals surface area contributed by atoms with Gasteiger partial charge >= 0.3 is 0 Å². The summed E-state index contributed by atoms with van der Waals surface area (Å²) in [6, 6.07) is 2.80. The Labute approximate surface area is 111 Å². The van der Waals surface area contributed by atoms with Crippen LogP contribution in [-0.4, -0.2) is 29.1 Å².